The molecule has 1 aromatic heterocycles. The van der Waals surface area contributed by atoms with Gasteiger partial charge < -0.3 is 10.8 Å². The summed E-state index contributed by atoms with van der Waals surface area (Å²) >= 11 is 0. The van der Waals surface area contributed by atoms with Crippen LogP contribution in [0.1, 0.15) is 30.0 Å². The molecule has 1 rings (SSSR count). The van der Waals surface area contributed by atoms with Crippen LogP contribution in [-0.2, 0) is 13.1 Å². The van der Waals surface area contributed by atoms with Gasteiger partial charge in [0.15, 0.2) is 5.69 Å². The van der Waals surface area contributed by atoms with Gasteiger partial charge in [-0.15, -0.1) is 5.10 Å². The summed E-state index contributed by atoms with van der Waals surface area (Å²) in [6.45, 7) is 4.80. The zero-order chi connectivity index (χ0) is 10.7. The average molecular weight is 198 g/mol. The third-order valence-corrected chi connectivity index (χ3v) is 1.77. The second-order valence-corrected chi connectivity index (χ2v) is 3.47. The van der Waals surface area contributed by atoms with Crippen LogP contribution in [0.2, 0.25) is 0 Å². The fraction of sp³-hybridized carbons (Fsp3) is 0.625. The van der Waals surface area contributed by atoms with Crippen molar-refractivity contribution < 1.29 is 9.90 Å². The van der Waals surface area contributed by atoms with Gasteiger partial charge in [0.2, 0.25) is 0 Å². The lowest BCUT2D eigenvalue weighted by Crippen LogP contribution is -2.14. The Morgan fingerprint density at radius 1 is 1.64 bits per heavy atom. The van der Waals surface area contributed by atoms with Crippen LogP contribution < -0.4 is 5.73 Å². The number of aromatic nitrogens is 3. The molecule has 0 spiro atoms. The summed E-state index contributed by atoms with van der Waals surface area (Å²) in [6, 6.07) is 0. The minimum Gasteiger partial charge on any atom is -0.476 e. The minimum absolute atomic E-state index is 0.0480. The summed E-state index contributed by atoms with van der Waals surface area (Å²) < 4.78 is 1.55. The molecule has 0 fully saturated rings. The average Bonchev–Trinajstić information content (AvgIpc) is 2.46. The highest BCUT2D eigenvalue weighted by Gasteiger charge is 2.17. The largest absolute Gasteiger partial charge is 0.476 e. The molecule has 78 valence electrons. The number of aromatic carboxylic acids is 1. The molecule has 0 aliphatic rings. The van der Waals surface area contributed by atoms with E-state index in [0.29, 0.717) is 18.2 Å². The molecule has 14 heavy (non-hydrogen) atoms. The molecule has 0 amide bonds. The highest BCUT2D eigenvalue weighted by atomic mass is 16.4. The first-order chi connectivity index (χ1) is 6.56. The van der Waals surface area contributed by atoms with Crippen molar-refractivity contribution in [3.8, 4) is 0 Å². The standard InChI is InChI=1S/C8H14N4O2/c1-5(2)4-12-6(3-9)7(8(13)14)10-11-12/h5H,3-4,9H2,1-2H3,(H,13,14). The maximum atomic E-state index is 10.7. The van der Waals surface area contributed by atoms with E-state index in [1.54, 1.807) is 4.68 Å². The van der Waals surface area contributed by atoms with Crippen molar-refractivity contribution in [1.29, 1.82) is 0 Å². The van der Waals surface area contributed by atoms with E-state index in [9.17, 15) is 4.79 Å². The molecule has 0 atom stereocenters. The van der Waals surface area contributed by atoms with Crippen LogP contribution in [-0.4, -0.2) is 26.1 Å². The van der Waals surface area contributed by atoms with Crippen LogP contribution in [0.25, 0.3) is 0 Å². The van der Waals surface area contributed by atoms with E-state index in [0.717, 1.165) is 0 Å². The third kappa shape index (κ3) is 2.08. The SMILES string of the molecule is CC(C)Cn1nnc(C(=O)O)c1CN. The van der Waals surface area contributed by atoms with Crippen LogP contribution in [0.15, 0.2) is 0 Å². The Labute approximate surface area is 81.7 Å². The molecule has 0 radical (unpaired) electrons. The van der Waals surface area contributed by atoms with Gasteiger partial charge in [-0.3, -0.25) is 0 Å². The van der Waals surface area contributed by atoms with E-state index < -0.39 is 5.97 Å². The van der Waals surface area contributed by atoms with Gasteiger partial charge in [-0.25, -0.2) is 9.48 Å². The Hall–Kier alpha value is -1.43. The summed E-state index contributed by atoms with van der Waals surface area (Å²) in [5.74, 6) is -0.705. The van der Waals surface area contributed by atoms with Gasteiger partial charge in [-0.2, -0.15) is 0 Å². The lowest BCUT2D eigenvalue weighted by Gasteiger charge is -2.06. The van der Waals surface area contributed by atoms with Crippen molar-refractivity contribution in [2.75, 3.05) is 0 Å². The van der Waals surface area contributed by atoms with Crippen LogP contribution >= 0.6 is 0 Å². The van der Waals surface area contributed by atoms with Crippen LogP contribution in [0.4, 0.5) is 0 Å². The second kappa shape index (κ2) is 4.19. The number of carboxylic acids is 1. The highest BCUT2D eigenvalue weighted by molar-refractivity contribution is 5.86. The zero-order valence-electron chi connectivity index (χ0n) is 8.27. The normalized spacial score (nSPS) is 10.9. The smallest absolute Gasteiger partial charge is 0.358 e. The van der Waals surface area contributed by atoms with E-state index in [4.69, 9.17) is 10.8 Å². The number of hydrogen-bond donors (Lipinski definition) is 2. The first-order valence-corrected chi connectivity index (χ1v) is 4.42. The van der Waals surface area contributed by atoms with Gasteiger partial charge in [0.05, 0.1) is 5.69 Å². The van der Waals surface area contributed by atoms with Crippen LogP contribution in [0.3, 0.4) is 0 Å². The Morgan fingerprint density at radius 2 is 2.29 bits per heavy atom. The monoisotopic (exact) mass is 198 g/mol. The topological polar surface area (TPSA) is 94.0 Å². The summed E-state index contributed by atoms with van der Waals surface area (Å²) in [7, 11) is 0. The first kappa shape index (κ1) is 10.6. The maximum Gasteiger partial charge on any atom is 0.358 e. The fourth-order valence-electron chi connectivity index (χ4n) is 1.19. The number of nitrogens with two attached hydrogens (primary N) is 1. The number of carboxylic acid groups (broad SMARTS) is 1. The summed E-state index contributed by atoms with van der Waals surface area (Å²) in [6.07, 6.45) is 0. The van der Waals surface area contributed by atoms with Gasteiger partial charge in [0, 0.05) is 13.1 Å². The van der Waals surface area contributed by atoms with Gasteiger partial charge in [0.25, 0.3) is 0 Å². The Kier molecular flexibility index (Phi) is 3.19. The Bertz CT molecular complexity index is 332. The van der Waals surface area contributed by atoms with Crippen LogP contribution in [0.5, 0.6) is 0 Å². The molecular formula is C8H14N4O2. The molecule has 6 nitrogen and oxygen atoms in total. The first-order valence-electron chi connectivity index (χ1n) is 4.42. The number of hydrogen-bond acceptors (Lipinski definition) is 4. The van der Waals surface area contributed by atoms with Gasteiger partial charge in [-0.05, 0) is 5.92 Å². The predicted octanol–water partition coefficient (Wildman–Crippen LogP) is 0.0910. The summed E-state index contributed by atoms with van der Waals surface area (Å²) in [5.41, 5.74) is 5.88. The molecule has 0 saturated carbocycles. The van der Waals surface area contributed by atoms with Crippen molar-refractivity contribution in [3.05, 3.63) is 11.4 Å². The van der Waals surface area contributed by atoms with Crippen molar-refractivity contribution in [2.24, 2.45) is 11.7 Å². The number of nitrogens with zero attached hydrogens (tertiary/aromatic N) is 3. The lowest BCUT2D eigenvalue weighted by molar-refractivity contribution is 0.0689. The van der Waals surface area contributed by atoms with Crippen molar-refractivity contribution in [1.82, 2.24) is 15.0 Å². The molecule has 1 aromatic rings. The highest BCUT2D eigenvalue weighted by Crippen LogP contribution is 2.07. The van der Waals surface area contributed by atoms with E-state index in [2.05, 4.69) is 10.3 Å². The quantitative estimate of drug-likeness (QED) is 0.715. The summed E-state index contributed by atoms with van der Waals surface area (Å²) in [4.78, 5) is 10.7. The molecule has 0 aliphatic heterocycles. The van der Waals surface area contributed by atoms with E-state index in [1.807, 2.05) is 13.8 Å². The van der Waals surface area contributed by atoms with Crippen molar-refractivity contribution in [3.63, 3.8) is 0 Å². The lowest BCUT2D eigenvalue weighted by atomic mass is 10.2. The van der Waals surface area contributed by atoms with E-state index in [-0.39, 0.29) is 12.2 Å². The van der Waals surface area contributed by atoms with Gasteiger partial charge in [-0.1, -0.05) is 19.1 Å². The molecule has 0 unspecified atom stereocenters. The third-order valence-electron chi connectivity index (χ3n) is 1.77. The van der Waals surface area contributed by atoms with Gasteiger partial charge >= 0.3 is 5.97 Å². The molecule has 6 heteroatoms. The van der Waals surface area contributed by atoms with Crippen molar-refractivity contribution in [2.45, 2.75) is 26.9 Å². The Balaban J connectivity index is 3.01. The minimum atomic E-state index is -1.08. The fourth-order valence-corrected chi connectivity index (χ4v) is 1.19. The molecule has 0 bridgehead atoms. The zero-order valence-corrected chi connectivity index (χ0v) is 8.27. The maximum absolute atomic E-state index is 10.7. The van der Waals surface area contributed by atoms with Gasteiger partial charge in [0.1, 0.15) is 0 Å². The summed E-state index contributed by atoms with van der Waals surface area (Å²) in [5, 5.41) is 16.1. The molecule has 3 N–H and O–H groups in total. The van der Waals surface area contributed by atoms with E-state index >= 15 is 0 Å². The second-order valence-electron chi connectivity index (χ2n) is 3.47. The van der Waals surface area contributed by atoms with Crippen molar-refractivity contribution >= 4 is 5.97 Å². The molecule has 0 saturated heterocycles. The molecule has 1 heterocycles. The predicted molar refractivity (Wildman–Crippen MR) is 49.7 cm³/mol. The number of rotatable bonds is 4. The molecule has 0 aliphatic carbocycles. The Morgan fingerprint density at radius 3 is 2.71 bits per heavy atom. The molecular weight excluding hydrogens is 184 g/mol. The van der Waals surface area contributed by atoms with Crippen LogP contribution in [0, 0.1) is 5.92 Å². The van der Waals surface area contributed by atoms with E-state index in [1.165, 1.54) is 0 Å². The molecule has 0 aromatic carbocycles. The number of carbonyl (C=O) groups is 1.